The number of ketones is 2. The van der Waals surface area contributed by atoms with Crippen LogP contribution in [0.2, 0.25) is 0 Å². The molecule has 5 heteroatoms. The summed E-state index contributed by atoms with van der Waals surface area (Å²) in [5.41, 5.74) is -1.31. The molecule has 0 aromatic heterocycles. The lowest BCUT2D eigenvalue weighted by atomic mass is 9.45. The van der Waals surface area contributed by atoms with Crippen LogP contribution in [0, 0.1) is 34.5 Å². The highest BCUT2D eigenvalue weighted by atomic mass is 16.3. The average Bonchev–Trinajstić information content (AvgIpc) is 2.82. The molecule has 0 saturated heterocycles. The Morgan fingerprint density at radius 1 is 1.30 bits per heavy atom. The van der Waals surface area contributed by atoms with Crippen LogP contribution < -0.4 is 0 Å². The number of carbonyl (C=O) groups excluding carboxylic acids is 2. The number of rotatable bonds is 2. The Hall–Kier alpha value is -1.04. The van der Waals surface area contributed by atoms with Crippen LogP contribution in [0.3, 0.4) is 0 Å². The second kappa shape index (κ2) is 5.98. The number of fused-ring (bicyclic) bond motifs is 5. The fourth-order valence-corrected chi connectivity index (χ4v) is 7.74. The minimum atomic E-state index is -1.59. The van der Waals surface area contributed by atoms with Gasteiger partial charge in [0.1, 0.15) is 12.2 Å². The van der Waals surface area contributed by atoms with Crippen LogP contribution in [-0.4, -0.2) is 45.2 Å². The van der Waals surface area contributed by atoms with E-state index in [0.717, 1.165) is 25.7 Å². The predicted molar refractivity (Wildman–Crippen MR) is 99.7 cm³/mol. The number of hydrogen-bond donors (Lipinski definition) is 3. The molecule has 4 aliphatic rings. The van der Waals surface area contributed by atoms with Crippen LogP contribution in [0.4, 0.5) is 0 Å². The molecule has 3 fully saturated rings. The Bertz CT molecular complexity index is 713. The van der Waals surface area contributed by atoms with Crippen molar-refractivity contribution in [2.75, 3.05) is 6.61 Å². The molecule has 0 aromatic rings. The van der Waals surface area contributed by atoms with Gasteiger partial charge in [-0.15, -0.1) is 0 Å². The van der Waals surface area contributed by atoms with Gasteiger partial charge in [0.2, 0.25) is 0 Å². The first kappa shape index (κ1) is 19.3. The molecule has 3 N–H and O–H groups in total. The zero-order chi connectivity index (χ0) is 19.8. The summed E-state index contributed by atoms with van der Waals surface area (Å²) < 4.78 is 0. The van der Waals surface area contributed by atoms with E-state index in [0.29, 0.717) is 12.8 Å². The summed E-state index contributed by atoms with van der Waals surface area (Å²) in [5.74, 6) is -0.155. The monoisotopic (exact) mass is 376 g/mol. The largest absolute Gasteiger partial charge is 0.393 e. The summed E-state index contributed by atoms with van der Waals surface area (Å²) >= 11 is 0. The van der Waals surface area contributed by atoms with Gasteiger partial charge < -0.3 is 15.3 Å². The lowest BCUT2D eigenvalue weighted by Gasteiger charge is -2.60. The lowest BCUT2D eigenvalue weighted by molar-refractivity contribution is -0.187. The van der Waals surface area contributed by atoms with E-state index in [1.54, 1.807) is 0 Å². The minimum absolute atomic E-state index is 0.0578. The van der Waals surface area contributed by atoms with Crippen LogP contribution in [-0.2, 0) is 9.59 Å². The van der Waals surface area contributed by atoms with Gasteiger partial charge in [0.15, 0.2) is 11.6 Å². The van der Waals surface area contributed by atoms with Gasteiger partial charge in [-0.2, -0.15) is 0 Å². The maximum Gasteiger partial charge on any atom is 0.190 e. The summed E-state index contributed by atoms with van der Waals surface area (Å²) in [6.45, 7) is 5.36. The van der Waals surface area contributed by atoms with Gasteiger partial charge in [0.05, 0.1) is 6.10 Å². The second-order valence-corrected chi connectivity index (χ2v) is 10.1. The van der Waals surface area contributed by atoms with E-state index < -0.39 is 29.5 Å². The van der Waals surface area contributed by atoms with E-state index in [2.05, 4.69) is 6.92 Å². The van der Waals surface area contributed by atoms with E-state index in [9.17, 15) is 24.9 Å². The van der Waals surface area contributed by atoms with Crippen molar-refractivity contribution in [1.82, 2.24) is 0 Å². The van der Waals surface area contributed by atoms with E-state index in [4.69, 9.17) is 0 Å². The number of carbonyl (C=O) groups is 2. The van der Waals surface area contributed by atoms with E-state index in [1.807, 2.05) is 19.9 Å². The van der Waals surface area contributed by atoms with E-state index in [1.165, 1.54) is 5.57 Å². The van der Waals surface area contributed by atoms with Gasteiger partial charge in [-0.05, 0) is 67.3 Å². The van der Waals surface area contributed by atoms with Crippen molar-refractivity contribution >= 4 is 11.6 Å². The molecular weight excluding hydrogens is 344 g/mol. The second-order valence-electron chi connectivity index (χ2n) is 10.1. The standard InChI is InChI=1S/C22H32O5/c1-12-8-16-15-5-4-13-9-14(24)6-7-20(13,2)19(15)17(25)10-21(16,3)22(12,27)18(26)11-23/h9,12,15-17,19,23,25,27H,4-8,10-11H2,1-3H3/t12-,15+,16-,17-,19-,20+,21+,22+/m1/s1. The third kappa shape index (κ3) is 2.28. The Labute approximate surface area is 160 Å². The minimum Gasteiger partial charge on any atom is -0.393 e. The normalized spacial score (nSPS) is 51.9. The van der Waals surface area contributed by atoms with Crippen LogP contribution in [0.5, 0.6) is 0 Å². The fourth-order valence-electron chi connectivity index (χ4n) is 7.74. The molecule has 0 heterocycles. The molecule has 0 spiro atoms. The van der Waals surface area contributed by atoms with Crippen LogP contribution >= 0.6 is 0 Å². The maximum absolute atomic E-state index is 12.6. The topological polar surface area (TPSA) is 94.8 Å². The first-order valence-corrected chi connectivity index (χ1v) is 10.4. The molecular formula is C22H32O5. The van der Waals surface area contributed by atoms with Gasteiger partial charge in [0, 0.05) is 11.8 Å². The number of Topliss-reactive ketones (excluding diaryl/α,β-unsaturated/α-hetero) is 1. The first-order valence-electron chi connectivity index (χ1n) is 10.4. The molecule has 27 heavy (non-hydrogen) atoms. The molecule has 0 radical (unpaired) electrons. The Morgan fingerprint density at radius 2 is 2.00 bits per heavy atom. The quantitative estimate of drug-likeness (QED) is 0.685. The number of aliphatic hydroxyl groups excluding tert-OH is 2. The number of allylic oxidation sites excluding steroid dienone is 1. The average molecular weight is 376 g/mol. The molecule has 4 aliphatic carbocycles. The molecule has 5 nitrogen and oxygen atoms in total. The molecule has 0 aliphatic heterocycles. The first-order chi connectivity index (χ1) is 12.6. The van der Waals surface area contributed by atoms with Crippen molar-refractivity contribution in [3.05, 3.63) is 11.6 Å². The van der Waals surface area contributed by atoms with Crippen molar-refractivity contribution in [1.29, 1.82) is 0 Å². The molecule has 0 bridgehead atoms. The van der Waals surface area contributed by atoms with Gasteiger partial charge >= 0.3 is 0 Å². The molecule has 8 atom stereocenters. The summed E-state index contributed by atoms with van der Waals surface area (Å²) in [4.78, 5) is 24.5. The summed E-state index contributed by atoms with van der Waals surface area (Å²) in [6.07, 6.45) is 5.32. The lowest BCUT2D eigenvalue weighted by Crippen LogP contribution is -2.63. The van der Waals surface area contributed by atoms with Crippen molar-refractivity contribution in [3.63, 3.8) is 0 Å². The van der Waals surface area contributed by atoms with Crippen molar-refractivity contribution in [2.45, 2.75) is 71.0 Å². The highest BCUT2D eigenvalue weighted by Crippen LogP contribution is 2.68. The van der Waals surface area contributed by atoms with Crippen molar-refractivity contribution in [3.8, 4) is 0 Å². The highest BCUT2D eigenvalue weighted by Gasteiger charge is 2.70. The van der Waals surface area contributed by atoms with E-state index in [-0.39, 0.29) is 34.9 Å². The predicted octanol–water partition coefficient (Wildman–Crippen LogP) is 2.03. The smallest absolute Gasteiger partial charge is 0.190 e. The third-order valence-corrected chi connectivity index (χ3v) is 9.05. The van der Waals surface area contributed by atoms with Crippen LogP contribution in [0.1, 0.15) is 59.3 Å². The molecule has 0 amide bonds. The highest BCUT2D eigenvalue weighted by molar-refractivity contribution is 5.92. The zero-order valence-electron chi connectivity index (χ0n) is 16.6. The van der Waals surface area contributed by atoms with Crippen molar-refractivity contribution in [2.24, 2.45) is 34.5 Å². The van der Waals surface area contributed by atoms with Crippen LogP contribution in [0.25, 0.3) is 0 Å². The fraction of sp³-hybridized carbons (Fsp3) is 0.818. The summed E-state index contributed by atoms with van der Waals surface area (Å²) in [5, 5.41) is 32.2. The molecule has 150 valence electrons. The Balaban J connectivity index is 1.77. The van der Waals surface area contributed by atoms with Gasteiger partial charge in [-0.25, -0.2) is 0 Å². The van der Waals surface area contributed by atoms with Gasteiger partial charge in [-0.1, -0.05) is 26.3 Å². The molecule has 0 unspecified atom stereocenters. The zero-order valence-corrected chi connectivity index (χ0v) is 16.6. The Kier molecular flexibility index (Phi) is 4.27. The maximum atomic E-state index is 12.6. The Morgan fingerprint density at radius 3 is 2.67 bits per heavy atom. The molecule has 3 saturated carbocycles. The molecule has 4 rings (SSSR count). The summed E-state index contributed by atoms with van der Waals surface area (Å²) in [6, 6.07) is 0. The van der Waals surface area contributed by atoms with Gasteiger partial charge in [-0.3, -0.25) is 9.59 Å². The third-order valence-electron chi connectivity index (χ3n) is 9.05. The number of hydrogen-bond acceptors (Lipinski definition) is 5. The SMILES string of the molecule is C[C@@H]1C[C@@H]2[C@@H]3CCC4=CC(=O)CC[C@]4(C)[C@H]3[C@H](O)C[C@]2(C)[C@@]1(O)C(=O)CO. The van der Waals surface area contributed by atoms with Crippen LogP contribution in [0.15, 0.2) is 11.6 Å². The summed E-state index contributed by atoms with van der Waals surface area (Å²) in [7, 11) is 0. The van der Waals surface area contributed by atoms with Crippen molar-refractivity contribution < 1.29 is 24.9 Å². The molecule has 0 aromatic carbocycles. The number of aliphatic hydroxyl groups is 3. The van der Waals surface area contributed by atoms with Gasteiger partial charge in [0.25, 0.3) is 0 Å². The van der Waals surface area contributed by atoms with E-state index >= 15 is 0 Å².